The number of fused-ring (bicyclic) bond motifs is 1. The number of rotatable bonds is 5. The van der Waals surface area contributed by atoms with Crippen LogP contribution >= 0.6 is 0 Å². The molecule has 0 amide bonds. The lowest BCUT2D eigenvalue weighted by molar-refractivity contribution is 0.0398. The van der Waals surface area contributed by atoms with E-state index in [1.807, 2.05) is 18.2 Å². The van der Waals surface area contributed by atoms with E-state index in [0.29, 0.717) is 0 Å². The molecule has 0 atom stereocenters. The number of hydrogen-bond donors (Lipinski definition) is 1. The van der Waals surface area contributed by atoms with Gasteiger partial charge in [-0.1, -0.05) is 19.1 Å². The van der Waals surface area contributed by atoms with Gasteiger partial charge in [0.15, 0.2) is 0 Å². The van der Waals surface area contributed by atoms with Crippen LogP contribution in [0, 0.1) is 0 Å². The maximum absolute atomic E-state index is 5.37. The van der Waals surface area contributed by atoms with Crippen LogP contribution in [0.4, 0.5) is 5.82 Å². The molecule has 0 spiro atoms. The number of ether oxygens (including phenoxy) is 1. The van der Waals surface area contributed by atoms with Crippen LogP contribution in [0.3, 0.4) is 0 Å². The number of morpholine rings is 1. The van der Waals surface area contributed by atoms with Crippen LogP contribution in [0.2, 0.25) is 0 Å². The molecule has 1 N–H and O–H groups in total. The van der Waals surface area contributed by atoms with E-state index >= 15 is 0 Å². The zero-order valence-electron chi connectivity index (χ0n) is 12.5. The number of aromatic nitrogens is 2. The van der Waals surface area contributed by atoms with Gasteiger partial charge < -0.3 is 10.1 Å². The van der Waals surface area contributed by atoms with Gasteiger partial charge in [-0.3, -0.25) is 4.90 Å². The quantitative estimate of drug-likeness (QED) is 0.910. The van der Waals surface area contributed by atoms with Crippen LogP contribution in [-0.4, -0.2) is 54.3 Å². The van der Waals surface area contributed by atoms with Crippen molar-refractivity contribution in [2.75, 3.05) is 44.7 Å². The molecule has 1 aromatic carbocycles. The van der Waals surface area contributed by atoms with Crippen LogP contribution in [0.1, 0.15) is 12.7 Å². The predicted molar refractivity (Wildman–Crippen MR) is 84.7 cm³/mol. The SMILES string of the molecule is CCc1nc(NCCN2CCOCC2)c2ccccc2n1. The smallest absolute Gasteiger partial charge is 0.137 e. The molecule has 0 aliphatic carbocycles. The van der Waals surface area contributed by atoms with E-state index < -0.39 is 0 Å². The molecule has 1 saturated heterocycles. The first-order valence-corrected chi connectivity index (χ1v) is 7.66. The fraction of sp³-hybridized carbons (Fsp3) is 0.500. The van der Waals surface area contributed by atoms with Crippen molar-refractivity contribution in [3.8, 4) is 0 Å². The molecule has 2 heterocycles. The van der Waals surface area contributed by atoms with E-state index in [1.54, 1.807) is 0 Å². The monoisotopic (exact) mass is 286 g/mol. The Hall–Kier alpha value is -1.72. The molecule has 0 saturated carbocycles. The minimum absolute atomic E-state index is 0.844. The standard InChI is InChI=1S/C16H22N4O/c1-2-15-18-14-6-4-3-5-13(14)16(19-15)17-7-8-20-9-11-21-12-10-20/h3-6H,2,7-12H2,1H3,(H,17,18,19). The van der Waals surface area contributed by atoms with E-state index in [9.17, 15) is 0 Å². The van der Waals surface area contributed by atoms with E-state index in [1.165, 1.54) is 0 Å². The lowest BCUT2D eigenvalue weighted by Gasteiger charge is -2.26. The molecule has 2 aromatic rings. The Morgan fingerprint density at radius 1 is 1.19 bits per heavy atom. The van der Waals surface area contributed by atoms with Gasteiger partial charge in [0.25, 0.3) is 0 Å². The Morgan fingerprint density at radius 3 is 2.81 bits per heavy atom. The second-order valence-corrected chi connectivity index (χ2v) is 5.24. The van der Waals surface area contributed by atoms with Crippen molar-refractivity contribution in [3.05, 3.63) is 30.1 Å². The van der Waals surface area contributed by atoms with E-state index in [4.69, 9.17) is 4.74 Å². The Labute approximate surface area is 125 Å². The average Bonchev–Trinajstić information content (AvgIpc) is 2.55. The van der Waals surface area contributed by atoms with Crippen molar-refractivity contribution >= 4 is 16.7 Å². The summed E-state index contributed by atoms with van der Waals surface area (Å²) < 4.78 is 5.37. The van der Waals surface area contributed by atoms with Crippen molar-refractivity contribution in [1.29, 1.82) is 0 Å². The zero-order chi connectivity index (χ0) is 14.5. The summed E-state index contributed by atoms with van der Waals surface area (Å²) in [7, 11) is 0. The predicted octanol–water partition coefficient (Wildman–Crippen LogP) is 1.94. The van der Waals surface area contributed by atoms with Crippen molar-refractivity contribution in [3.63, 3.8) is 0 Å². The number of nitrogens with zero attached hydrogens (tertiary/aromatic N) is 3. The summed E-state index contributed by atoms with van der Waals surface area (Å²) >= 11 is 0. The summed E-state index contributed by atoms with van der Waals surface area (Å²) in [5, 5.41) is 4.57. The number of nitrogens with one attached hydrogen (secondary N) is 1. The van der Waals surface area contributed by atoms with Crippen LogP contribution in [-0.2, 0) is 11.2 Å². The highest BCUT2D eigenvalue weighted by Crippen LogP contribution is 2.20. The lowest BCUT2D eigenvalue weighted by Crippen LogP contribution is -2.39. The second kappa shape index (κ2) is 6.83. The third-order valence-electron chi connectivity index (χ3n) is 3.79. The first kappa shape index (κ1) is 14.2. The molecule has 3 rings (SSSR count). The Bertz CT molecular complexity index is 596. The molecular formula is C16H22N4O. The summed E-state index contributed by atoms with van der Waals surface area (Å²) in [6.45, 7) is 7.72. The molecule has 1 aliphatic heterocycles. The molecule has 1 fully saturated rings. The molecule has 5 heteroatoms. The molecule has 0 radical (unpaired) electrons. The number of para-hydroxylation sites is 1. The van der Waals surface area contributed by atoms with Crippen molar-refractivity contribution < 1.29 is 4.74 Å². The molecule has 112 valence electrons. The first-order chi connectivity index (χ1) is 10.4. The summed E-state index contributed by atoms with van der Waals surface area (Å²) in [4.78, 5) is 11.6. The van der Waals surface area contributed by atoms with Crippen LogP contribution in [0.15, 0.2) is 24.3 Å². The number of aryl methyl sites for hydroxylation is 1. The summed E-state index contributed by atoms with van der Waals surface area (Å²) in [6.07, 6.45) is 0.850. The van der Waals surface area contributed by atoms with Crippen molar-refractivity contribution in [2.45, 2.75) is 13.3 Å². The number of benzene rings is 1. The fourth-order valence-corrected chi connectivity index (χ4v) is 2.57. The van der Waals surface area contributed by atoms with Gasteiger partial charge in [-0.05, 0) is 12.1 Å². The van der Waals surface area contributed by atoms with E-state index in [0.717, 1.165) is 68.4 Å². The fourth-order valence-electron chi connectivity index (χ4n) is 2.57. The molecule has 1 aliphatic rings. The van der Waals surface area contributed by atoms with E-state index in [-0.39, 0.29) is 0 Å². The largest absolute Gasteiger partial charge is 0.379 e. The maximum Gasteiger partial charge on any atom is 0.137 e. The number of hydrogen-bond acceptors (Lipinski definition) is 5. The van der Waals surface area contributed by atoms with Crippen molar-refractivity contribution in [1.82, 2.24) is 14.9 Å². The van der Waals surface area contributed by atoms with E-state index in [2.05, 4.69) is 33.2 Å². The van der Waals surface area contributed by atoms with Crippen LogP contribution in [0.5, 0.6) is 0 Å². The van der Waals surface area contributed by atoms with Gasteiger partial charge in [-0.25, -0.2) is 9.97 Å². The zero-order valence-corrected chi connectivity index (χ0v) is 12.5. The molecular weight excluding hydrogens is 264 g/mol. The maximum atomic E-state index is 5.37. The minimum Gasteiger partial charge on any atom is -0.379 e. The van der Waals surface area contributed by atoms with Gasteiger partial charge in [0.2, 0.25) is 0 Å². The third kappa shape index (κ3) is 3.49. The highest BCUT2D eigenvalue weighted by Gasteiger charge is 2.10. The Balaban J connectivity index is 1.70. The average molecular weight is 286 g/mol. The molecule has 1 aromatic heterocycles. The first-order valence-electron chi connectivity index (χ1n) is 7.66. The van der Waals surface area contributed by atoms with Gasteiger partial charge in [0.05, 0.1) is 18.7 Å². The summed E-state index contributed by atoms with van der Waals surface area (Å²) in [5.41, 5.74) is 1.01. The Kier molecular flexibility index (Phi) is 4.62. The van der Waals surface area contributed by atoms with Gasteiger partial charge in [0, 0.05) is 38.0 Å². The summed E-state index contributed by atoms with van der Waals surface area (Å²) in [6, 6.07) is 8.17. The third-order valence-corrected chi connectivity index (χ3v) is 3.79. The topological polar surface area (TPSA) is 50.3 Å². The molecule has 21 heavy (non-hydrogen) atoms. The number of anilines is 1. The highest BCUT2D eigenvalue weighted by atomic mass is 16.5. The lowest BCUT2D eigenvalue weighted by atomic mass is 10.2. The van der Waals surface area contributed by atoms with Crippen molar-refractivity contribution in [2.24, 2.45) is 0 Å². The van der Waals surface area contributed by atoms with Crippen LogP contribution in [0.25, 0.3) is 10.9 Å². The minimum atomic E-state index is 0.844. The second-order valence-electron chi connectivity index (χ2n) is 5.24. The van der Waals surface area contributed by atoms with Gasteiger partial charge >= 0.3 is 0 Å². The summed E-state index contributed by atoms with van der Waals surface area (Å²) in [5.74, 6) is 1.84. The van der Waals surface area contributed by atoms with Gasteiger partial charge in [-0.15, -0.1) is 0 Å². The van der Waals surface area contributed by atoms with Gasteiger partial charge in [-0.2, -0.15) is 0 Å². The van der Waals surface area contributed by atoms with Crippen LogP contribution < -0.4 is 5.32 Å². The highest BCUT2D eigenvalue weighted by molar-refractivity contribution is 5.88. The Morgan fingerprint density at radius 2 is 2.00 bits per heavy atom. The molecule has 0 unspecified atom stereocenters. The molecule has 0 bridgehead atoms. The molecule has 5 nitrogen and oxygen atoms in total. The normalized spacial score (nSPS) is 16.2. The van der Waals surface area contributed by atoms with Gasteiger partial charge in [0.1, 0.15) is 11.6 Å².